The fourth-order valence-electron chi connectivity index (χ4n) is 2.97. The van der Waals surface area contributed by atoms with Gasteiger partial charge in [0.15, 0.2) is 0 Å². The molecule has 0 radical (unpaired) electrons. The van der Waals surface area contributed by atoms with Crippen molar-refractivity contribution in [2.24, 2.45) is 0 Å². The normalized spacial score (nSPS) is 15.2. The van der Waals surface area contributed by atoms with Crippen molar-refractivity contribution in [3.63, 3.8) is 0 Å². The van der Waals surface area contributed by atoms with Gasteiger partial charge in [-0.1, -0.05) is 12.1 Å². The van der Waals surface area contributed by atoms with Crippen molar-refractivity contribution in [2.75, 3.05) is 23.9 Å². The summed E-state index contributed by atoms with van der Waals surface area (Å²) in [6.07, 6.45) is -15.1. The smallest absolute Gasteiger partial charge is 0.381 e. The van der Waals surface area contributed by atoms with E-state index < -0.39 is 64.1 Å². The molecule has 2 aromatic rings. The molecular weight excluding hydrogens is 531 g/mol. The average Bonchev–Trinajstić information content (AvgIpc) is 2.74. The van der Waals surface area contributed by atoms with Gasteiger partial charge in [0.2, 0.25) is 11.5 Å². The van der Waals surface area contributed by atoms with E-state index in [0.29, 0.717) is 5.56 Å². The predicted molar refractivity (Wildman–Crippen MR) is 112 cm³/mol. The standard InChI is InChI=1S/C21H19F9N2O3S/c1-36(35)10-17(33)31-9-12-2-4-16(5-3-12)32-11-18(34,21(28,29)30)13-6-14(19(22,23)24)8-15(7-13)20(25,26)27/h2-8,32,34H,9-11H2,1H3,(H,31,33)/t18-,36-/m0/s1. The van der Waals surface area contributed by atoms with E-state index in [0.717, 1.165) is 0 Å². The van der Waals surface area contributed by atoms with Crippen molar-refractivity contribution < 1.29 is 53.6 Å². The first kappa shape index (κ1) is 29.4. The third-order valence-corrected chi connectivity index (χ3v) is 5.53. The maximum absolute atomic E-state index is 13.8. The van der Waals surface area contributed by atoms with Crippen LogP contribution < -0.4 is 10.6 Å². The summed E-state index contributed by atoms with van der Waals surface area (Å²) in [4.78, 5) is 11.5. The van der Waals surface area contributed by atoms with E-state index in [1.807, 2.05) is 0 Å². The summed E-state index contributed by atoms with van der Waals surface area (Å²) >= 11 is 0. The Morgan fingerprint density at radius 3 is 1.75 bits per heavy atom. The number of carbonyl (C=O) groups is 1. The number of nitrogens with one attached hydrogen (secondary N) is 2. The molecule has 0 saturated heterocycles. The maximum Gasteiger partial charge on any atom is 0.423 e. The van der Waals surface area contributed by atoms with E-state index in [-0.39, 0.29) is 36.2 Å². The van der Waals surface area contributed by atoms with Crippen LogP contribution in [0.5, 0.6) is 0 Å². The molecule has 0 aromatic heterocycles. The molecule has 36 heavy (non-hydrogen) atoms. The van der Waals surface area contributed by atoms with Crippen molar-refractivity contribution in [3.05, 3.63) is 64.7 Å². The zero-order valence-electron chi connectivity index (χ0n) is 18.2. The number of benzene rings is 2. The van der Waals surface area contributed by atoms with Crippen LogP contribution in [0, 0.1) is 0 Å². The van der Waals surface area contributed by atoms with Crippen molar-refractivity contribution >= 4 is 22.4 Å². The second-order valence-electron chi connectivity index (χ2n) is 7.70. The summed E-state index contributed by atoms with van der Waals surface area (Å²) in [7, 11) is -1.37. The Bertz CT molecular complexity index is 1070. The van der Waals surface area contributed by atoms with Gasteiger partial charge in [0.05, 0.1) is 17.7 Å². The molecule has 3 N–H and O–H groups in total. The topological polar surface area (TPSA) is 78.4 Å². The van der Waals surface area contributed by atoms with E-state index in [9.17, 15) is 53.6 Å². The van der Waals surface area contributed by atoms with Gasteiger partial charge >= 0.3 is 18.5 Å². The number of hydrogen-bond acceptors (Lipinski definition) is 4. The summed E-state index contributed by atoms with van der Waals surface area (Å²) in [6, 6.07) is 4.48. The Kier molecular flexibility index (Phi) is 8.71. The molecular formula is C21H19F9N2O3S. The summed E-state index contributed by atoms with van der Waals surface area (Å²) in [5.74, 6) is -0.742. The van der Waals surface area contributed by atoms with E-state index in [2.05, 4.69) is 10.6 Å². The molecule has 0 aliphatic heterocycles. The number of amides is 1. The van der Waals surface area contributed by atoms with Crippen molar-refractivity contribution in [1.29, 1.82) is 0 Å². The van der Waals surface area contributed by atoms with Gasteiger partial charge in [0.25, 0.3) is 0 Å². The highest BCUT2D eigenvalue weighted by molar-refractivity contribution is 7.85. The molecule has 0 aliphatic carbocycles. The zero-order chi connectivity index (χ0) is 27.5. The van der Waals surface area contributed by atoms with Gasteiger partial charge in [-0.15, -0.1) is 0 Å². The Morgan fingerprint density at radius 1 is 0.861 bits per heavy atom. The second kappa shape index (κ2) is 10.7. The molecule has 200 valence electrons. The minimum absolute atomic E-state index is 0.00669. The number of carbonyl (C=O) groups excluding carboxylic acids is 1. The van der Waals surface area contributed by atoms with Crippen LogP contribution >= 0.6 is 0 Å². The fraction of sp³-hybridized carbons (Fsp3) is 0.381. The lowest BCUT2D eigenvalue weighted by Crippen LogP contribution is -2.48. The van der Waals surface area contributed by atoms with E-state index in [1.165, 1.54) is 30.5 Å². The van der Waals surface area contributed by atoms with Gasteiger partial charge in [0.1, 0.15) is 5.75 Å². The highest BCUT2D eigenvalue weighted by atomic mass is 32.2. The molecule has 2 atom stereocenters. The molecule has 0 heterocycles. The monoisotopic (exact) mass is 550 g/mol. The van der Waals surface area contributed by atoms with Crippen LogP contribution in [-0.4, -0.2) is 40.0 Å². The highest BCUT2D eigenvalue weighted by Crippen LogP contribution is 2.44. The Hall–Kier alpha value is -2.81. The van der Waals surface area contributed by atoms with Crippen molar-refractivity contribution in [2.45, 2.75) is 30.7 Å². The second-order valence-corrected chi connectivity index (χ2v) is 9.13. The van der Waals surface area contributed by atoms with Crippen LogP contribution in [0.25, 0.3) is 0 Å². The SMILES string of the molecule is C[S@](=O)CC(=O)NCc1ccc(NC[C@](O)(c2cc(C(F)(F)F)cc(C(F)(F)F)c2)C(F)(F)F)cc1. The summed E-state index contributed by atoms with van der Waals surface area (Å²) in [6.45, 7) is -1.51. The van der Waals surface area contributed by atoms with Gasteiger partial charge in [-0.05, 0) is 41.5 Å². The number of halogens is 9. The molecule has 2 aromatic carbocycles. The molecule has 2 rings (SSSR count). The van der Waals surface area contributed by atoms with Crippen LogP contribution in [0.15, 0.2) is 42.5 Å². The Labute approximate surface area is 201 Å². The van der Waals surface area contributed by atoms with Gasteiger partial charge in [0, 0.05) is 29.3 Å². The van der Waals surface area contributed by atoms with E-state index >= 15 is 0 Å². The predicted octanol–water partition coefficient (Wildman–Crippen LogP) is 4.58. The first-order chi connectivity index (χ1) is 16.3. The van der Waals surface area contributed by atoms with Crippen LogP contribution in [0.2, 0.25) is 0 Å². The van der Waals surface area contributed by atoms with Crippen LogP contribution in [0.4, 0.5) is 45.2 Å². The lowest BCUT2D eigenvalue weighted by atomic mass is 9.89. The number of alkyl halides is 9. The fourth-order valence-corrected chi connectivity index (χ4v) is 3.44. The van der Waals surface area contributed by atoms with Crippen molar-refractivity contribution in [1.82, 2.24) is 5.32 Å². The number of anilines is 1. The average molecular weight is 550 g/mol. The largest absolute Gasteiger partial charge is 0.423 e. The maximum atomic E-state index is 13.8. The Morgan fingerprint density at radius 2 is 1.33 bits per heavy atom. The van der Waals surface area contributed by atoms with Crippen LogP contribution in [0.1, 0.15) is 22.3 Å². The lowest BCUT2D eigenvalue weighted by Gasteiger charge is -2.32. The minimum Gasteiger partial charge on any atom is -0.381 e. The molecule has 0 saturated carbocycles. The number of rotatable bonds is 8. The van der Waals surface area contributed by atoms with E-state index in [1.54, 1.807) is 0 Å². The zero-order valence-corrected chi connectivity index (χ0v) is 19.1. The Balaban J connectivity index is 2.31. The quantitative estimate of drug-likeness (QED) is 0.421. The lowest BCUT2D eigenvalue weighted by molar-refractivity contribution is -0.261. The molecule has 1 amide bonds. The third kappa shape index (κ3) is 7.59. The van der Waals surface area contributed by atoms with Crippen molar-refractivity contribution in [3.8, 4) is 0 Å². The highest BCUT2D eigenvalue weighted by Gasteiger charge is 2.56. The van der Waals surface area contributed by atoms with Crippen LogP contribution in [-0.2, 0) is 40.1 Å². The first-order valence-electron chi connectivity index (χ1n) is 9.81. The van der Waals surface area contributed by atoms with Gasteiger partial charge in [-0.2, -0.15) is 39.5 Å². The summed E-state index contributed by atoms with van der Waals surface area (Å²) in [5.41, 5.74) is -9.34. The number of hydrogen-bond donors (Lipinski definition) is 3. The minimum atomic E-state index is -5.66. The summed E-state index contributed by atoms with van der Waals surface area (Å²) in [5, 5.41) is 15.0. The molecule has 0 spiro atoms. The summed E-state index contributed by atoms with van der Waals surface area (Å²) < 4.78 is 131. The molecule has 5 nitrogen and oxygen atoms in total. The molecule has 0 unspecified atom stereocenters. The molecule has 0 fully saturated rings. The molecule has 15 heteroatoms. The van der Waals surface area contributed by atoms with Crippen LogP contribution in [0.3, 0.4) is 0 Å². The van der Waals surface area contributed by atoms with Gasteiger partial charge in [-0.25, -0.2) is 0 Å². The van der Waals surface area contributed by atoms with Gasteiger partial charge in [-0.3, -0.25) is 9.00 Å². The third-order valence-electron chi connectivity index (χ3n) is 4.86. The molecule has 0 bridgehead atoms. The number of aliphatic hydroxyl groups is 1. The molecule has 0 aliphatic rings. The first-order valence-corrected chi connectivity index (χ1v) is 11.5. The van der Waals surface area contributed by atoms with Gasteiger partial charge < -0.3 is 15.7 Å². The van der Waals surface area contributed by atoms with E-state index in [4.69, 9.17) is 0 Å².